The van der Waals surface area contributed by atoms with Crippen molar-refractivity contribution < 1.29 is 63.9 Å². The zero-order valence-corrected chi connectivity index (χ0v) is 13.1. The Bertz CT molecular complexity index is 354. The van der Waals surface area contributed by atoms with Crippen molar-refractivity contribution in [3.63, 3.8) is 0 Å². The first-order valence-electron chi connectivity index (χ1n) is 4.02. The van der Waals surface area contributed by atoms with Crippen molar-refractivity contribution in [1.82, 2.24) is 4.90 Å². The number of likely N-dealkylation sites (N-methyl/N-ethyl adjacent to an activating group) is 1. The molecule has 0 aliphatic carbocycles. The fourth-order valence-electron chi connectivity index (χ4n) is 0.709. The number of rotatable bonds is 8. The van der Waals surface area contributed by atoms with Crippen molar-refractivity contribution in [3.05, 3.63) is 0 Å². The molecule has 0 aromatic rings. The maximum absolute atomic E-state index is 10.1. The van der Waals surface area contributed by atoms with Crippen LogP contribution in [0.5, 0.6) is 0 Å². The second-order valence-corrected chi connectivity index (χ2v) is 4.99. The van der Waals surface area contributed by atoms with Crippen LogP contribution in [0.2, 0.25) is 0 Å². The minimum Gasteiger partial charge on any atom is -0.302 e. The second-order valence-electron chi connectivity index (χ2n) is 2.80. The summed E-state index contributed by atoms with van der Waals surface area (Å²) in [5.74, 6) is 0. The third-order valence-electron chi connectivity index (χ3n) is 1.41. The number of hydrogen-bond acceptors (Lipinski definition) is 7. The maximum atomic E-state index is 10.1. The molecular formula is C5H13NNaO8S2+. The Morgan fingerprint density at radius 2 is 1.24 bits per heavy atom. The first-order valence-corrected chi connectivity index (χ1v) is 6.75. The van der Waals surface area contributed by atoms with Crippen LogP contribution in [0.1, 0.15) is 0 Å². The van der Waals surface area contributed by atoms with Crippen LogP contribution in [0.15, 0.2) is 0 Å². The minimum atomic E-state index is -4.46. The van der Waals surface area contributed by atoms with Gasteiger partial charge in [-0.05, 0) is 7.05 Å². The molecular weight excluding hydrogens is 289 g/mol. The molecule has 0 radical (unpaired) electrons. The summed E-state index contributed by atoms with van der Waals surface area (Å²) in [6.07, 6.45) is 0. The zero-order chi connectivity index (χ0) is 12.8. The van der Waals surface area contributed by atoms with E-state index in [1.165, 1.54) is 4.90 Å². The molecule has 0 rings (SSSR count). The Hall–Kier alpha value is 0.700. The molecule has 0 saturated heterocycles. The van der Waals surface area contributed by atoms with E-state index in [0.717, 1.165) is 0 Å². The summed E-state index contributed by atoms with van der Waals surface area (Å²) in [6, 6.07) is 0. The Kier molecular flexibility index (Phi) is 10.3. The van der Waals surface area contributed by atoms with Crippen LogP contribution in [-0.2, 0) is 29.2 Å². The summed E-state index contributed by atoms with van der Waals surface area (Å²) in [5.41, 5.74) is 0. The molecule has 12 heteroatoms. The van der Waals surface area contributed by atoms with E-state index in [0.29, 0.717) is 0 Å². The van der Waals surface area contributed by atoms with Gasteiger partial charge >= 0.3 is 50.4 Å². The van der Waals surface area contributed by atoms with Crippen LogP contribution in [0, 0.1) is 0 Å². The van der Waals surface area contributed by atoms with Crippen molar-refractivity contribution >= 4 is 20.8 Å². The standard InChI is InChI=1S/C5H13NO8S2.Na/c1-6(2-4-13-15(7,8)9)3-5-14-16(10,11)12;/h2-5H2,1H3,(H,7,8,9)(H,10,11,12);/q;+1. The summed E-state index contributed by atoms with van der Waals surface area (Å²) < 4.78 is 65.0. The molecule has 0 fully saturated rings. The van der Waals surface area contributed by atoms with Gasteiger partial charge in [0, 0.05) is 13.1 Å². The van der Waals surface area contributed by atoms with E-state index >= 15 is 0 Å². The SMILES string of the molecule is CN(CCOS(=O)(=O)O)CCOS(=O)(=O)O.[Na+]. The van der Waals surface area contributed by atoms with Crippen LogP contribution in [0.25, 0.3) is 0 Å². The van der Waals surface area contributed by atoms with E-state index in [-0.39, 0.29) is 55.9 Å². The summed E-state index contributed by atoms with van der Waals surface area (Å²) in [7, 11) is -7.37. The van der Waals surface area contributed by atoms with Gasteiger partial charge in [-0.1, -0.05) is 0 Å². The van der Waals surface area contributed by atoms with Gasteiger partial charge in [0.05, 0.1) is 13.2 Å². The quantitative estimate of drug-likeness (QED) is 0.337. The monoisotopic (exact) mass is 302 g/mol. The number of nitrogens with zero attached hydrogens (tertiary/aromatic N) is 1. The van der Waals surface area contributed by atoms with Gasteiger partial charge in [0.15, 0.2) is 0 Å². The molecule has 0 atom stereocenters. The average molecular weight is 302 g/mol. The van der Waals surface area contributed by atoms with Gasteiger partial charge < -0.3 is 4.90 Å². The predicted octanol–water partition coefficient (Wildman–Crippen LogP) is -4.44. The van der Waals surface area contributed by atoms with Gasteiger partial charge in [-0.25, -0.2) is 8.37 Å². The van der Waals surface area contributed by atoms with Crippen molar-refractivity contribution in [2.24, 2.45) is 0 Å². The molecule has 0 aromatic carbocycles. The van der Waals surface area contributed by atoms with E-state index in [1.807, 2.05) is 0 Å². The Morgan fingerprint density at radius 1 is 0.941 bits per heavy atom. The van der Waals surface area contributed by atoms with Crippen LogP contribution >= 0.6 is 0 Å². The van der Waals surface area contributed by atoms with Gasteiger partial charge in [-0.3, -0.25) is 9.11 Å². The molecule has 0 saturated carbocycles. The average Bonchev–Trinajstić information content (AvgIpc) is 1.98. The van der Waals surface area contributed by atoms with E-state index in [9.17, 15) is 16.8 Å². The molecule has 98 valence electrons. The van der Waals surface area contributed by atoms with Crippen molar-refractivity contribution in [2.45, 2.75) is 0 Å². The molecule has 0 spiro atoms. The molecule has 0 aliphatic rings. The Morgan fingerprint density at radius 3 is 1.47 bits per heavy atom. The summed E-state index contributed by atoms with van der Waals surface area (Å²) in [4.78, 5) is 1.48. The van der Waals surface area contributed by atoms with Gasteiger partial charge in [0.25, 0.3) is 0 Å². The van der Waals surface area contributed by atoms with Gasteiger partial charge in [0.2, 0.25) is 0 Å². The molecule has 0 aromatic heterocycles. The minimum absolute atomic E-state index is 0. The summed E-state index contributed by atoms with van der Waals surface area (Å²) in [6.45, 7) is -0.286. The largest absolute Gasteiger partial charge is 1.00 e. The molecule has 17 heavy (non-hydrogen) atoms. The second kappa shape index (κ2) is 8.74. The van der Waals surface area contributed by atoms with Crippen LogP contribution < -0.4 is 29.6 Å². The molecule has 0 aliphatic heterocycles. The van der Waals surface area contributed by atoms with Crippen molar-refractivity contribution in [1.29, 1.82) is 0 Å². The smallest absolute Gasteiger partial charge is 0.302 e. The van der Waals surface area contributed by atoms with Crippen LogP contribution in [-0.4, -0.2) is 64.2 Å². The van der Waals surface area contributed by atoms with E-state index in [4.69, 9.17) is 9.11 Å². The van der Waals surface area contributed by atoms with Crippen molar-refractivity contribution in [2.75, 3.05) is 33.4 Å². The third kappa shape index (κ3) is 16.7. The first-order chi connectivity index (χ1) is 7.10. The fourth-order valence-corrected chi connectivity index (χ4v) is 1.28. The van der Waals surface area contributed by atoms with Crippen molar-refractivity contribution in [3.8, 4) is 0 Å². The zero-order valence-electron chi connectivity index (χ0n) is 9.44. The van der Waals surface area contributed by atoms with Crippen LogP contribution in [0.4, 0.5) is 0 Å². The fraction of sp³-hybridized carbons (Fsp3) is 1.00. The molecule has 0 amide bonds. The van der Waals surface area contributed by atoms with E-state index in [1.54, 1.807) is 7.05 Å². The molecule has 0 bridgehead atoms. The number of hydrogen-bond donors (Lipinski definition) is 2. The van der Waals surface area contributed by atoms with E-state index in [2.05, 4.69) is 8.37 Å². The molecule has 0 unspecified atom stereocenters. The molecule has 2 N–H and O–H groups in total. The predicted molar refractivity (Wildman–Crippen MR) is 52.5 cm³/mol. The Balaban J connectivity index is 0. The topological polar surface area (TPSA) is 130 Å². The first kappa shape index (κ1) is 20.0. The van der Waals surface area contributed by atoms with Gasteiger partial charge in [0.1, 0.15) is 0 Å². The third-order valence-corrected chi connectivity index (χ3v) is 2.34. The van der Waals surface area contributed by atoms with Gasteiger partial charge in [-0.15, -0.1) is 0 Å². The van der Waals surface area contributed by atoms with Gasteiger partial charge in [-0.2, -0.15) is 16.8 Å². The molecule has 0 heterocycles. The summed E-state index contributed by atoms with van der Waals surface area (Å²) >= 11 is 0. The molecule has 9 nitrogen and oxygen atoms in total. The Labute approximate surface area is 122 Å². The van der Waals surface area contributed by atoms with Crippen LogP contribution in [0.3, 0.4) is 0 Å². The normalized spacial score (nSPS) is 12.5. The van der Waals surface area contributed by atoms with E-state index < -0.39 is 20.8 Å². The maximum Gasteiger partial charge on any atom is 1.00 e. The summed E-state index contributed by atoms with van der Waals surface area (Å²) in [5, 5.41) is 0.